The molecule has 112 valence electrons. The molecular weight excluding hydrogens is 310 g/mol. The number of sulfonamides is 1. The summed E-state index contributed by atoms with van der Waals surface area (Å²) >= 11 is 5.99. The number of halogens is 1. The molecule has 0 saturated heterocycles. The van der Waals surface area contributed by atoms with E-state index in [1.807, 2.05) is 19.1 Å². The summed E-state index contributed by atoms with van der Waals surface area (Å²) in [7, 11) is -3.63. The molecule has 0 fully saturated rings. The van der Waals surface area contributed by atoms with Gasteiger partial charge in [0.25, 0.3) is 0 Å². The summed E-state index contributed by atoms with van der Waals surface area (Å²) in [5.41, 5.74) is 7.70. The molecule has 3 N–H and O–H groups in total. The van der Waals surface area contributed by atoms with Gasteiger partial charge in [-0.3, -0.25) is 4.98 Å². The number of benzene rings is 1. The minimum absolute atomic E-state index is 0.109. The number of rotatable bonds is 5. The third-order valence-corrected chi connectivity index (χ3v) is 4.69. The van der Waals surface area contributed by atoms with Crippen LogP contribution in [0.2, 0.25) is 5.02 Å². The fourth-order valence-electron chi connectivity index (χ4n) is 1.81. The van der Waals surface area contributed by atoms with Crippen LogP contribution in [0.25, 0.3) is 0 Å². The Labute approximate surface area is 129 Å². The SMILES string of the molecule is Cc1cccc(CNS(=O)(=O)c2ccc(CN)c(Cl)c2)n1. The molecule has 1 aromatic heterocycles. The van der Waals surface area contributed by atoms with Gasteiger partial charge in [-0.15, -0.1) is 0 Å². The van der Waals surface area contributed by atoms with Crippen LogP contribution in [0.5, 0.6) is 0 Å². The standard InChI is InChI=1S/C14H16ClN3O2S/c1-10-3-2-4-12(18-10)9-17-21(19,20)13-6-5-11(8-16)14(15)7-13/h2-7,17H,8-9,16H2,1H3. The second-order valence-electron chi connectivity index (χ2n) is 4.55. The number of pyridine rings is 1. The molecular formula is C14H16ClN3O2S. The molecule has 0 unspecified atom stereocenters. The molecule has 0 amide bonds. The Morgan fingerprint density at radius 3 is 2.67 bits per heavy atom. The van der Waals surface area contributed by atoms with Crippen molar-refractivity contribution in [1.82, 2.24) is 9.71 Å². The first-order valence-corrected chi connectivity index (χ1v) is 8.19. The molecule has 0 bridgehead atoms. The molecule has 0 spiro atoms. The molecule has 0 aliphatic heterocycles. The van der Waals surface area contributed by atoms with E-state index in [-0.39, 0.29) is 18.0 Å². The van der Waals surface area contributed by atoms with E-state index in [9.17, 15) is 8.42 Å². The topological polar surface area (TPSA) is 85.1 Å². The molecule has 0 aliphatic carbocycles. The van der Waals surface area contributed by atoms with Crippen LogP contribution in [0.3, 0.4) is 0 Å². The summed E-state index contributed by atoms with van der Waals surface area (Å²) in [4.78, 5) is 4.35. The zero-order valence-corrected chi connectivity index (χ0v) is 13.1. The van der Waals surface area contributed by atoms with Gasteiger partial charge in [-0.05, 0) is 36.8 Å². The molecule has 0 saturated carbocycles. The van der Waals surface area contributed by atoms with Gasteiger partial charge in [0.15, 0.2) is 0 Å². The highest BCUT2D eigenvalue weighted by Crippen LogP contribution is 2.20. The third-order valence-electron chi connectivity index (χ3n) is 2.94. The monoisotopic (exact) mass is 325 g/mol. The zero-order chi connectivity index (χ0) is 15.5. The summed E-state index contributed by atoms with van der Waals surface area (Å²) in [5, 5.41) is 0.342. The quantitative estimate of drug-likeness (QED) is 0.880. The van der Waals surface area contributed by atoms with Gasteiger partial charge in [0, 0.05) is 17.3 Å². The molecule has 21 heavy (non-hydrogen) atoms. The van der Waals surface area contributed by atoms with E-state index < -0.39 is 10.0 Å². The van der Waals surface area contributed by atoms with E-state index in [2.05, 4.69) is 9.71 Å². The Kier molecular flexibility index (Phi) is 4.95. The second-order valence-corrected chi connectivity index (χ2v) is 6.73. The van der Waals surface area contributed by atoms with Crippen LogP contribution in [0.1, 0.15) is 17.0 Å². The fourth-order valence-corrected chi connectivity index (χ4v) is 3.16. The Balaban J connectivity index is 2.17. The average molecular weight is 326 g/mol. The van der Waals surface area contributed by atoms with E-state index >= 15 is 0 Å². The van der Waals surface area contributed by atoms with Crippen molar-refractivity contribution in [3.05, 3.63) is 58.4 Å². The number of aromatic nitrogens is 1. The van der Waals surface area contributed by atoms with Crippen molar-refractivity contribution in [2.75, 3.05) is 0 Å². The van der Waals surface area contributed by atoms with Crippen LogP contribution >= 0.6 is 11.6 Å². The summed E-state index contributed by atoms with van der Waals surface area (Å²) in [6, 6.07) is 9.94. The van der Waals surface area contributed by atoms with Crippen molar-refractivity contribution in [3.8, 4) is 0 Å². The zero-order valence-electron chi connectivity index (χ0n) is 11.5. The summed E-state index contributed by atoms with van der Waals surface area (Å²) < 4.78 is 26.9. The van der Waals surface area contributed by atoms with E-state index in [0.717, 1.165) is 5.69 Å². The molecule has 1 heterocycles. The fraction of sp³-hybridized carbons (Fsp3) is 0.214. The first-order chi connectivity index (χ1) is 9.92. The Morgan fingerprint density at radius 2 is 2.05 bits per heavy atom. The lowest BCUT2D eigenvalue weighted by molar-refractivity contribution is 0.580. The number of nitrogens with zero attached hydrogens (tertiary/aromatic N) is 1. The molecule has 5 nitrogen and oxygen atoms in total. The molecule has 0 radical (unpaired) electrons. The number of nitrogens with one attached hydrogen (secondary N) is 1. The van der Waals surface area contributed by atoms with Crippen molar-refractivity contribution in [3.63, 3.8) is 0 Å². The largest absolute Gasteiger partial charge is 0.326 e. The van der Waals surface area contributed by atoms with E-state index in [0.29, 0.717) is 16.3 Å². The van der Waals surface area contributed by atoms with Gasteiger partial charge in [0.2, 0.25) is 10.0 Å². The Bertz CT molecular complexity index is 748. The van der Waals surface area contributed by atoms with Gasteiger partial charge in [-0.1, -0.05) is 23.7 Å². The number of nitrogens with two attached hydrogens (primary N) is 1. The van der Waals surface area contributed by atoms with Crippen molar-refractivity contribution in [1.29, 1.82) is 0 Å². The van der Waals surface area contributed by atoms with Crippen LogP contribution in [0, 0.1) is 6.92 Å². The van der Waals surface area contributed by atoms with Crippen LogP contribution in [-0.4, -0.2) is 13.4 Å². The van der Waals surface area contributed by atoms with Crippen LogP contribution in [0.4, 0.5) is 0 Å². The van der Waals surface area contributed by atoms with Gasteiger partial charge in [0.05, 0.1) is 17.1 Å². The van der Waals surface area contributed by atoms with E-state index in [4.69, 9.17) is 17.3 Å². The van der Waals surface area contributed by atoms with Gasteiger partial charge < -0.3 is 5.73 Å². The van der Waals surface area contributed by atoms with E-state index in [1.165, 1.54) is 12.1 Å². The van der Waals surface area contributed by atoms with Crippen molar-refractivity contribution in [2.24, 2.45) is 5.73 Å². The first kappa shape index (κ1) is 15.9. The molecule has 7 heteroatoms. The third kappa shape index (κ3) is 4.01. The average Bonchev–Trinajstić information content (AvgIpc) is 2.45. The normalized spacial score (nSPS) is 11.6. The van der Waals surface area contributed by atoms with Crippen LogP contribution < -0.4 is 10.5 Å². The summed E-state index contributed by atoms with van der Waals surface area (Å²) in [6.45, 7) is 2.24. The minimum atomic E-state index is -3.63. The minimum Gasteiger partial charge on any atom is -0.326 e. The second kappa shape index (κ2) is 6.53. The van der Waals surface area contributed by atoms with Gasteiger partial charge in [0.1, 0.15) is 0 Å². The van der Waals surface area contributed by atoms with Crippen LogP contribution in [0.15, 0.2) is 41.3 Å². The predicted octanol–water partition coefficient (Wildman–Crippen LogP) is 1.98. The van der Waals surface area contributed by atoms with Crippen molar-refractivity contribution in [2.45, 2.75) is 24.9 Å². The number of aryl methyl sites for hydroxylation is 1. The van der Waals surface area contributed by atoms with Gasteiger partial charge in [-0.25, -0.2) is 13.1 Å². The Hall–Kier alpha value is -1.47. The predicted molar refractivity (Wildman–Crippen MR) is 82.3 cm³/mol. The van der Waals surface area contributed by atoms with Gasteiger partial charge in [-0.2, -0.15) is 0 Å². The first-order valence-electron chi connectivity index (χ1n) is 6.33. The highest BCUT2D eigenvalue weighted by atomic mass is 35.5. The van der Waals surface area contributed by atoms with Gasteiger partial charge >= 0.3 is 0 Å². The van der Waals surface area contributed by atoms with Crippen LogP contribution in [-0.2, 0) is 23.1 Å². The maximum atomic E-state index is 12.2. The molecule has 1 aromatic carbocycles. The maximum Gasteiger partial charge on any atom is 0.240 e. The molecule has 2 aromatic rings. The van der Waals surface area contributed by atoms with Crippen molar-refractivity contribution >= 4 is 21.6 Å². The maximum absolute atomic E-state index is 12.2. The number of hydrogen-bond acceptors (Lipinski definition) is 4. The highest BCUT2D eigenvalue weighted by molar-refractivity contribution is 7.89. The molecule has 0 atom stereocenters. The highest BCUT2D eigenvalue weighted by Gasteiger charge is 2.15. The summed E-state index contributed by atoms with van der Waals surface area (Å²) in [6.07, 6.45) is 0. The number of hydrogen-bond donors (Lipinski definition) is 2. The molecule has 0 aliphatic rings. The smallest absolute Gasteiger partial charge is 0.240 e. The van der Waals surface area contributed by atoms with E-state index in [1.54, 1.807) is 12.1 Å². The Morgan fingerprint density at radius 1 is 1.29 bits per heavy atom. The lowest BCUT2D eigenvalue weighted by Crippen LogP contribution is -2.24. The van der Waals surface area contributed by atoms with Crippen molar-refractivity contribution < 1.29 is 8.42 Å². The lowest BCUT2D eigenvalue weighted by Gasteiger charge is -2.09. The summed E-state index contributed by atoms with van der Waals surface area (Å²) in [5.74, 6) is 0. The lowest BCUT2D eigenvalue weighted by atomic mass is 10.2. The molecule has 2 rings (SSSR count).